The largest absolute Gasteiger partial charge is 0.460 e. The molecule has 0 saturated carbocycles. The fraction of sp³-hybridized carbons (Fsp3) is 0.130. The number of nitrogens with zero attached hydrogens (tertiary/aromatic N) is 3. The summed E-state index contributed by atoms with van der Waals surface area (Å²) in [6.07, 6.45) is 0.682. The lowest BCUT2D eigenvalue weighted by Crippen LogP contribution is -2.27. The van der Waals surface area contributed by atoms with Gasteiger partial charge in [0, 0.05) is 24.7 Å². The van der Waals surface area contributed by atoms with Crippen molar-refractivity contribution in [3.8, 4) is 17.1 Å². The number of carbonyl (C=O) groups is 1. The topological polar surface area (TPSA) is 103 Å². The van der Waals surface area contributed by atoms with Crippen LogP contribution in [0, 0.1) is 17.0 Å². The lowest BCUT2D eigenvalue weighted by atomic mass is 10.1. The molecule has 4 aromatic rings. The van der Waals surface area contributed by atoms with E-state index in [1.807, 2.05) is 37.3 Å². The van der Waals surface area contributed by atoms with Gasteiger partial charge in [0.15, 0.2) is 5.76 Å². The molecule has 156 valence electrons. The third kappa shape index (κ3) is 4.53. The van der Waals surface area contributed by atoms with E-state index in [1.165, 1.54) is 16.8 Å². The van der Waals surface area contributed by atoms with Gasteiger partial charge in [-0.15, -0.1) is 0 Å². The van der Waals surface area contributed by atoms with Crippen LogP contribution in [0.25, 0.3) is 17.1 Å². The molecule has 0 aliphatic rings. The van der Waals surface area contributed by atoms with Gasteiger partial charge in [-0.05, 0) is 37.1 Å². The number of hydrogen-bond acceptors (Lipinski definition) is 5. The molecule has 0 spiro atoms. The second-order valence-electron chi connectivity index (χ2n) is 7.01. The molecule has 0 radical (unpaired) electrons. The number of nitro benzene ring substituents is 1. The number of furan rings is 1. The predicted molar refractivity (Wildman–Crippen MR) is 115 cm³/mol. The van der Waals surface area contributed by atoms with Crippen molar-refractivity contribution in [2.45, 2.75) is 13.3 Å². The summed E-state index contributed by atoms with van der Waals surface area (Å²) in [6, 6.07) is 21.0. The molecule has 2 heterocycles. The van der Waals surface area contributed by atoms with E-state index in [0.29, 0.717) is 35.9 Å². The number of aromatic nitrogens is 2. The van der Waals surface area contributed by atoms with E-state index in [0.717, 1.165) is 5.56 Å². The Bertz CT molecular complexity index is 1230. The Labute approximate surface area is 178 Å². The van der Waals surface area contributed by atoms with Gasteiger partial charge in [0.2, 0.25) is 0 Å². The normalized spacial score (nSPS) is 10.7. The van der Waals surface area contributed by atoms with Crippen LogP contribution in [-0.4, -0.2) is 27.2 Å². The Balaban J connectivity index is 1.64. The number of non-ortho nitro benzene ring substituents is 1. The first kappa shape index (κ1) is 20.1. The van der Waals surface area contributed by atoms with E-state index in [-0.39, 0.29) is 17.3 Å². The van der Waals surface area contributed by atoms with Gasteiger partial charge in [-0.25, -0.2) is 4.68 Å². The lowest BCUT2D eigenvalue weighted by Gasteiger charge is -2.08. The van der Waals surface area contributed by atoms with Crippen molar-refractivity contribution in [2.75, 3.05) is 6.54 Å². The van der Waals surface area contributed by atoms with Crippen molar-refractivity contribution >= 4 is 11.6 Å². The number of aryl methyl sites for hydroxylation is 1. The van der Waals surface area contributed by atoms with Gasteiger partial charge < -0.3 is 9.73 Å². The minimum absolute atomic E-state index is 0.0844. The van der Waals surface area contributed by atoms with Gasteiger partial charge in [-0.2, -0.15) is 5.10 Å². The zero-order chi connectivity index (χ0) is 21.8. The highest BCUT2D eigenvalue weighted by Gasteiger charge is 2.20. The number of benzene rings is 2. The summed E-state index contributed by atoms with van der Waals surface area (Å²) >= 11 is 0. The lowest BCUT2D eigenvalue weighted by molar-refractivity contribution is -0.384. The van der Waals surface area contributed by atoms with Crippen LogP contribution in [0.15, 0.2) is 77.2 Å². The molecular formula is C23H20N4O4. The van der Waals surface area contributed by atoms with Crippen molar-refractivity contribution in [3.05, 3.63) is 99.9 Å². The van der Waals surface area contributed by atoms with Crippen molar-refractivity contribution in [2.24, 2.45) is 0 Å². The molecule has 0 saturated heterocycles. The van der Waals surface area contributed by atoms with Gasteiger partial charge >= 0.3 is 0 Å². The molecule has 0 bridgehead atoms. The standard InChI is InChI=1S/C23H20N4O4/c1-16-10-11-22(31-16)20-15-21(23(28)24-13-12-17-6-3-2-4-7-17)26(25-20)18-8-5-9-19(14-18)27(29)30/h2-11,14-15H,12-13H2,1H3,(H,24,28). The Hall–Kier alpha value is -4.20. The number of nitro groups is 1. The molecule has 0 aliphatic heterocycles. The van der Waals surface area contributed by atoms with Crippen LogP contribution in [0.1, 0.15) is 21.8 Å². The van der Waals surface area contributed by atoms with Gasteiger partial charge in [0.1, 0.15) is 17.1 Å². The van der Waals surface area contributed by atoms with Crippen LogP contribution in [0.5, 0.6) is 0 Å². The van der Waals surface area contributed by atoms with E-state index >= 15 is 0 Å². The molecule has 0 unspecified atom stereocenters. The summed E-state index contributed by atoms with van der Waals surface area (Å²) < 4.78 is 7.04. The Kier molecular flexibility index (Phi) is 5.61. The maximum absolute atomic E-state index is 13.0. The third-order valence-electron chi connectivity index (χ3n) is 4.76. The average molecular weight is 416 g/mol. The molecule has 31 heavy (non-hydrogen) atoms. The first-order valence-electron chi connectivity index (χ1n) is 9.75. The Morgan fingerprint density at radius 1 is 1.10 bits per heavy atom. The zero-order valence-electron chi connectivity index (χ0n) is 16.8. The highest BCUT2D eigenvalue weighted by Crippen LogP contribution is 2.25. The number of nitrogens with one attached hydrogen (secondary N) is 1. The first-order chi connectivity index (χ1) is 15.0. The van der Waals surface area contributed by atoms with E-state index in [9.17, 15) is 14.9 Å². The minimum Gasteiger partial charge on any atom is -0.460 e. The van der Waals surface area contributed by atoms with Crippen molar-refractivity contribution in [1.29, 1.82) is 0 Å². The predicted octanol–water partition coefficient (Wildman–Crippen LogP) is 4.32. The van der Waals surface area contributed by atoms with Crippen LogP contribution >= 0.6 is 0 Å². The van der Waals surface area contributed by atoms with Crippen molar-refractivity contribution in [1.82, 2.24) is 15.1 Å². The molecule has 8 heteroatoms. The van der Waals surface area contributed by atoms with Crippen LogP contribution in [0.3, 0.4) is 0 Å². The summed E-state index contributed by atoms with van der Waals surface area (Å²) in [7, 11) is 0. The van der Waals surface area contributed by atoms with Crippen LogP contribution in [0.4, 0.5) is 5.69 Å². The highest BCUT2D eigenvalue weighted by atomic mass is 16.6. The maximum atomic E-state index is 13.0. The molecule has 0 fully saturated rings. The molecule has 0 atom stereocenters. The molecule has 2 aromatic heterocycles. The summed E-state index contributed by atoms with van der Waals surface area (Å²) in [6.45, 7) is 2.26. The second-order valence-corrected chi connectivity index (χ2v) is 7.01. The third-order valence-corrected chi connectivity index (χ3v) is 4.76. The second kappa shape index (κ2) is 8.66. The van der Waals surface area contributed by atoms with E-state index in [1.54, 1.807) is 30.3 Å². The van der Waals surface area contributed by atoms with E-state index < -0.39 is 4.92 Å². The number of rotatable bonds is 7. The van der Waals surface area contributed by atoms with Crippen LogP contribution in [-0.2, 0) is 6.42 Å². The minimum atomic E-state index is -0.483. The number of carbonyl (C=O) groups excluding carboxylic acids is 1. The molecule has 0 aliphatic carbocycles. The fourth-order valence-corrected chi connectivity index (χ4v) is 3.23. The summed E-state index contributed by atoms with van der Waals surface area (Å²) in [5.74, 6) is 0.901. The highest BCUT2D eigenvalue weighted by molar-refractivity contribution is 5.94. The van der Waals surface area contributed by atoms with E-state index in [4.69, 9.17) is 4.42 Å². The average Bonchev–Trinajstić information content (AvgIpc) is 3.41. The monoisotopic (exact) mass is 416 g/mol. The quantitative estimate of drug-likeness (QED) is 0.357. The van der Waals surface area contributed by atoms with Gasteiger partial charge in [-0.1, -0.05) is 36.4 Å². The number of amides is 1. The summed E-state index contributed by atoms with van der Waals surface area (Å²) in [5.41, 5.74) is 2.17. The van der Waals surface area contributed by atoms with E-state index in [2.05, 4.69) is 10.4 Å². The summed E-state index contributed by atoms with van der Waals surface area (Å²) in [5, 5.41) is 18.6. The van der Waals surface area contributed by atoms with Gasteiger partial charge in [0.05, 0.1) is 10.6 Å². The maximum Gasteiger partial charge on any atom is 0.271 e. The van der Waals surface area contributed by atoms with Crippen molar-refractivity contribution in [3.63, 3.8) is 0 Å². The molecule has 2 aromatic carbocycles. The first-order valence-corrected chi connectivity index (χ1v) is 9.75. The molecule has 8 nitrogen and oxygen atoms in total. The smallest absolute Gasteiger partial charge is 0.271 e. The zero-order valence-corrected chi connectivity index (χ0v) is 16.8. The SMILES string of the molecule is Cc1ccc(-c2cc(C(=O)NCCc3ccccc3)n(-c3cccc([N+](=O)[O-])c3)n2)o1. The Morgan fingerprint density at radius 3 is 2.61 bits per heavy atom. The van der Waals surface area contributed by atoms with Crippen LogP contribution < -0.4 is 5.32 Å². The molecule has 1 N–H and O–H groups in total. The molecule has 4 rings (SSSR count). The summed E-state index contributed by atoms with van der Waals surface area (Å²) in [4.78, 5) is 23.7. The fourth-order valence-electron chi connectivity index (χ4n) is 3.23. The van der Waals surface area contributed by atoms with Crippen molar-refractivity contribution < 1.29 is 14.1 Å². The Morgan fingerprint density at radius 2 is 1.90 bits per heavy atom. The number of hydrogen-bond donors (Lipinski definition) is 1. The molecule has 1 amide bonds. The van der Waals surface area contributed by atoms with Gasteiger partial charge in [-0.3, -0.25) is 14.9 Å². The molecular weight excluding hydrogens is 396 g/mol. The van der Waals surface area contributed by atoms with Crippen LogP contribution in [0.2, 0.25) is 0 Å². The van der Waals surface area contributed by atoms with Gasteiger partial charge in [0.25, 0.3) is 11.6 Å².